The summed E-state index contributed by atoms with van der Waals surface area (Å²) in [6.45, 7) is -3.14. The van der Waals surface area contributed by atoms with Crippen LogP contribution in [0.1, 0.15) is 27.2 Å². The smallest absolute Gasteiger partial charge is 0.364 e. The van der Waals surface area contributed by atoms with E-state index in [4.69, 9.17) is 52.1 Å². The fourth-order valence-corrected chi connectivity index (χ4v) is 10.2. The van der Waals surface area contributed by atoms with Crippen molar-refractivity contribution in [3.05, 3.63) is 0 Å². The summed E-state index contributed by atoms with van der Waals surface area (Å²) in [5.74, 6) is -7.40. The van der Waals surface area contributed by atoms with Gasteiger partial charge in [-0.1, -0.05) is 0 Å². The second-order valence-corrected chi connectivity index (χ2v) is 20.5. The Labute approximate surface area is 463 Å². The molecule has 0 aliphatic carbocycles. The molecule has 0 saturated carbocycles. The van der Waals surface area contributed by atoms with Crippen LogP contribution < -0.4 is 16.0 Å². The lowest BCUT2D eigenvalue weighted by Gasteiger charge is -2.49. The third-order valence-electron chi connectivity index (χ3n) is 14.6. The molecule has 0 radical (unpaired) electrons. The number of aliphatic hydroxyl groups excluding tert-OH is 18. The predicted octanol–water partition coefficient (Wildman–Crippen LogP) is -14.5. The van der Waals surface area contributed by atoms with E-state index in [-0.39, 0.29) is 0 Å². The van der Waals surface area contributed by atoms with Gasteiger partial charge in [-0.25, -0.2) is 4.79 Å². The van der Waals surface area contributed by atoms with Gasteiger partial charge in [0.05, 0.1) is 51.8 Å². The summed E-state index contributed by atoms with van der Waals surface area (Å²) in [4.78, 5) is 49.2. The minimum absolute atomic E-state index is 0.724. The van der Waals surface area contributed by atoms with Crippen LogP contribution in [0.4, 0.5) is 0 Å². The van der Waals surface area contributed by atoms with Gasteiger partial charge in [0.1, 0.15) is 140 Å². The van der Waals surface area contributed by atoms with Gasteiger partial charge in [0.15, 0.2) is 31.5 Å². The van der Waals surface area contributed by atoms with Crippen molar-refractivity contribution < 1.29 is 168 Å². The zero-order valence-corrected chi connectivity index (χ0v) is 43.9. The lowest BCUT2D eigenvalue weighted by Crippen LogP contribution is -2.69. The molecule has 0 aromatic rings. The van der Waals surface area contributed by atoms with Crippen LogP contribution in [0.5, 0.6) is 0 Å². The van der Waals surface area contributed by atoms with Crippen molar-refractivity contribution in [2.24, 2.45) is 0 Å². The van der Waals surface area contributed by atoms with Crippen molar-refractivity contribution in [3.63, 3.8) is 0 Å². The molecule has 6 aliphatic rings. The van der Waals surface area contributed by atoms with Crippen LogP contribution >= 0.6 is 0 Å². The molecule has 0 bridgehead atoms. The van der Waals surface area contributed by atoms with Gasteiger partial charge in [0, 0.05) is 27.2 Å². The zero-order chi connectivity index (χ0) is 61.0. The lowest BCUT2D eigenvalue weighted by molar-refractivity contribution is -0.380. The van der Waals surface area contributed by atoms with Crippen molar-refractivity contribution in [1.29, 1.82) is 0 Å². The highest BCUT2D eigenvalue weighted by atomic mass is 16.8. The fourth-order valence-electron chi connectivity index (χ4n) is 10.2. The molecule has 6 fully saturated rings. The number of carboxylic acids is 1. The van der Waals surface area contributed by atoms with E-state index in [2.05, 4.69) is 16.0 Å². The van der Waals surface area contributed by atoms with Gasteiger partial charge in [-0.15, -0.1) is 0 Å². The van der Waals surface area contributed by atoms with E-state index in [1.807, 2.05) is 0 Å². The number of amides is 3. The van der Waals surface area contributed by atoms with Crippen LogP contribution in [0.2, 0.25) is 0 Å². The van der Waals surface area contributed by atoms with Gasteiger partial charge in [0.2, 0.25) is 17.7 Å². The van der Waals surface area contributed by atoms with Gasteiger partial charge in [0.25, 0.3) is 5.79 Å². The summed E-state index contributed by atoms with van der Waals surface area (Å²) in [6, 6.07) is -5.01. The number of carbonyl (C=O) groups excluding carboxylic acids is 3. The maximum atomic E-state index is 12.8. The number of hydrogen-bond acceptors (Lipinski definition) is 33. The van der Waals surface area contributed by atoms with E-state index in [1.54, 1.807) is 0 Å². The molecular weight excluding hydrogens is 1130 g/mol. The number of carboxylic acid groups (broad SMARTS) is 1. The Hall–Kier alpha value is -3.28. The topological polar surface area (TPSA) is 590 Å². The van der Waals surface area contributed by atoms with Crippen LogP contribution in [0.3, 0.4) is 0 Å². The summed E-state index contributed by atoms with van der Waals surface area (Å²) in [6.07, 6.45) is -54.6. The molecule has 3 amide bonds. The number of aliphatic carboxylic acids is 1. The van der Waals surface area contributed by atoms with Gasteiger partial charge >= 0.3 is 5.97 Å². The van der Waals surface area contributed by atoms with Crippen molar-refractivity contribution in [3.8, 4) is 0 Å². The van der Waals surface area contributed by atoms with E-state index < -0.39 is 259 Å². The Morgan fingerprint density at radius 1 is 0.500 bits per heavy atom. The van der Waals surface area contributed by atoms with Crippen molar-refractivity contribution in [2.45, 2.75) is 217 Å². The summed E-state index contributed by atoms with van der Waals surface area (Å²) < 4.78 is 62.7. The summed E-state index contributed by atoms with van der Waals surface area (Å²) in [5, 5.41) is 211. The van der Waals surface area contributed by atoms with E-state index in [0.717, 1.165) is 20.8 Å². The predicted molar refractivity (Wildman–Crippen MR) is 251 cm³/mol. The van der Waals surface area contributed by atoms with Crippen LogP contribution in [0.25, 0.3) is 0 Å². The van der Waals surface area contributed by atoms with Crippen LogP contribution in [-0.2, 0) is 71.3 Å². The molecule has 474 valence electrons. The van der Waals surface area contributed by atoms with E-state index in [1.165, 1.54) is 0 Å². The van der Waals surface area contributed by atoms with Crippen molar-refractivity contribution in [1.82, 2.24) is 16.0 Å². The molecule has 6 heterocycles. The average molecular weight is 1200 g/mol. The summed E-state index contributed by atoms with van der Waals surface area (Å²) in [7, 11) is 0. The van der Waals surface area contributed by atoms with Crippen LogP contribution in [0, 0.1) is 0 Å². The number of carbonyl (C=O) groups is 4. The Balaban J connectivity index is 1.19. The summed E-state index contributed by atoms with van der Waals surface area (Å²) >= 11 is 0. The van der Waals surface area contributed by atoms with Gasteiger partial charge in [-0.05, 0) is 0 Å². The maximum Gasteiger partial charge on any atom is 0.364 e. The Morgan fingerprint density at radius 3 is 1.44 bits per heavy atom. The minimum Gasteiger partial charge on any atom is -0.477 e. The van der Waals surface area contributed by atoms with Crippen LogP contribution in [0.15, 0.2) is 0 Å². The number of aliphatic hydroxyl groups is 18. The quantitative estimate of drug-likeness (QED) is 0.0479. The SMILES string of the molecule is CC(=O)N[C@@H]1[C@@H](O)[C@H](O[C@@H]2O[C@H](CO[C@H]3O[C@H](CO)[C@@H](O)[C@H](O)[C@@H]3O[C@@H]3O[C@H](CO)[C@@H](O[C@@H]4O[C@H](CO[C@]5(C(=O)O)C[C@H](O)[C@@H](NC(C)=O)[C@H]([C@H](O)[C@H](O)CO)O5)[C@H](O)[C@H](O)[C@H]4O)[C@H](O)[C@H]3NC(C)=O)[C@@H](O)[C@H](O)[C@@H]2O)[C@@H](CO)O[C@H]1O. The van der Waals surface area contributed by atoms with Gasteiger partial charge < -0.3 is 165 Å². The number of ether oxygens (including phenoxy) is 11. The normalized spacial score (nSPS) is 46.3. The molecule has 6 aliphatic heterocycles. The molecule has 6 saturated heterocycles. The largest absolute Gasteiger partial charge is 0.477 e. The van der Waals surface area contributed by atoms with E-state index in [0.29, 0.717) is 0 Å². The van der Waals surface area contributed by atoms with Gasteiger partial charge in [-0.2, -0.15) is 0 Å². The molecule has 0 aromatic heterocycles. The molecule has 22 N–H and O–H groups in total. The summed E-state index contributed by atoms with van der Waals surface area (Å²) in [5.41, 5.74) is 0. The average Bonchev–Trinajstić information content (AvgIpc) is 2.46. The second kappa shape index (κ2) is 28.9. The fraction of sp³-hybridized carbons (Fsp3) is 0.911. The van der Waals surface area contributed by atoms with Crippen molar-refractivity contribution in [2.75, 3.05) is 39.6 Å². The molecule has 37 heteroatoms. The Kier molecular flexibility index (Phi) is 23.9. The lowest BCUT2D eigenvalue weighted by atomic mass is 9.88. The first-order valence-corrected chi connectivity index (χ1v) is 25.7. The molecule has 31 atom stereocenters. The third kappa shape index (κ3) is 14.9. The molecule has 0 unspecified atom stereocenters. The van der Waals surface area contributed by atoms with E-state index >= 15 is 0 Å². The molecular formula is C45H75N3O34. The van der Waals surface area contributed by atoms with Crippen LogP contribution in [-0.4, -0.2) is 350 Å². The molecule has 82 heavy (non-hydrogen) atoms. The monoisotopic (exact) mass is 1200 g/mol. The molecule has 0 spiro atoms. The number of rotatable bonds is 22. The molecule has 6 rings (SSSR count). The molecule has 0 aromatic carbocycles. The number of nitrogens with one attached hydrogen (secondary N) is 3. The number of hydrogen-bond donors (Lipinski definition) is 22. The van der Waals surface area contributed by atoms with Crippen molar-refractivity contribution >= 4 is 23.7 Å². The zero-order valence-electron chi connectivity index (χ0n) is 43.9. The highest BCUT2D eigenvalue weighted by Crippen LogP contribution is 2.38. The third-order valence-corrected chi connectivity index (χ3v) is 14.6. The Morgan fingerprint density at radius 2 is 0.939 bits per heavy atom. The molecule has 37 nitrogen and oxygen atoms in total. The second-order valence-electron chi connectivity index (χ2n) is 20.5. The van der Waals surface area contributed by atoms with Gasteiger partial charge in [-0.3, -0.25) is 14.4 Å². The first-order chi connectivity index (χ1) is 38.5. The standard InChI is InChI=1S/C45H75N3O34/c1-11(53)46-21-14(56)4-45(44(70)71,82-37(21)24(58)15(57)5-49)73-10-20-27(61)31(65)34(68)42(78-20)80-36-18(8-52)76-40(23(29(36)63)48-13(3)55)81-38-32(66)25(59)16(6-50)75-43(38)72-9-19-26(60)30(64)33(67)41(77-19)79-35-17(7-51)74-39(69)22(28(35)62)47-12(2)54/h14-43,49-52,56-69H,4-10H2,1-3H3,(H,46,53)(H,47,54)(H,48,55)(H,70,71)/t14-,15+,16+,17+,18+,19+,20+,21+,22+,23+,24+,25+,26+,27-,28+,29+,30-,31-,32-,33-,34+,35+,36+,37+,38-,39+,40-,41-,42-,43-,45+/m0/s1. The first-order valence-electron chi connectivity index (χ1n) is 25.7. The maximum absolute atomic E-state index is 12.8. The first kappa shape index (κ1) is 67.8. The van der Waals surface area contributed by atoms with E-state index in [9.17, 15) is 116 Å². The Bertz CT molecular complexity index is 2090. The highest BCUT2D eigenvalue weighted by molar-refractivity contribution is 5.77. The highest BCUT2D eigenvalue weighted by Gasteiger charge is 2.59. The minimum atomic E-state index is -2.99.